The number of carbonyl (C=O) groups is 1. The van der Waals surface area contributed by atoms with Gasteiger partial charge in [-0.1, -0.05) is 24.1 Å². The van der Waals surface area contributed by atoms with Gasteiger partial charge >= 0.3 is 0 Å². The van der Waals surface area contributed by atoms with Crippen LogP contribution in [0.15, 0.2) is 36.5 Å². The minimum atomic E-state index is 0.128. The summed E-state index contributed by atoms with van der Waals surface area (Å²) in [6.45, 7) is 12.1. The lowest BCUT2D eigenvalue weighted by atomic mass is 9.74. The van der Waals surface area contributed by atoms with Crippen molar-refractivity contribution in [3.05, 3.63) is 36.5 Å². The van der Waals surface area contributed by atoms with E-state index in [1.165, 1.54) is 11.1 Å². The van der Waals surface area contributed by atoms with Crippen LogP contribution < -0.4 is 0 Å². The van der Waals surface area contributed by atoms with Crippen LogP contribution in [0.3, 0.4) is 0 Å². The predicted molar refractivity (Wildman–Crippen MR) is 73.9 cm³/mol. The van der Waals surface area contributed by atoms with Crippen molar-refractivity contribution in [1.29, 1.82) is 0 Å². The molecular weight excluding hydrogens is 208 g/mol. The lowest BCUT2D eigenvalue weighted by molar-refractivity contribution is -0.114. The Hall–Kier alpha value is -1.11. The molecule has 0 aliphatic heterocycles. The first-order valence-electron chi connectivity index (χ1n) is 6.47. The number of allylic oxidation sites excluding steroid dienone is 4. The summed E-state index contributed by atoms with van der Waals surface area (Å²) >= 11 is 0. The molecule has 1 nitrogen and oxygen atoms in total. The second-order valence-electron chi connectivity index (χ2n) is 5.50. The molecule has 1 rings (SSSR count). The van der Waals surface area contributed by atoms with E-state index in [4.69, 9.17) is 0 Å². The molecule has 17 heavy (non-hydrogen) atoms. The molecule has 0 spiro atoms. The van der Waals surface area contributed by atoms with Crippen molar-refractivity contribution >= 4 is 5.78 Å². The van der Waals surface area contributed by atoms with Crippen molar-refractivity contribution in [3.8, 4) is 0 Å². The van der Waals surface area contributed by atoms with Gasteiger partial charge in [-0.05, 0) is 50.5 Å². The molecule has 1 aliphatic carbocycles. The third kappa shape index (κ3) is 3.99. The van der Waals surface area contributed by atoms with Crippen molar-refractivity contribution in [1.82, 2.24) is 0 Å². The topological polar surface area (TPSA) is 17.1 Å². The number of rotatable bonds is 5. The van der Waals surface area contributed by atoms with E-state index in [2.05, 4.69) is 20.1 Å². The Labute approximate surface area is 105 Å². The second-order valence-corrected chi connectivity index (χ2v) is 5.50. The van der Waals surface area contributed by atoms with Crippen LogP contribution in [0.2, 0.25) is 0 Å². The predicted octanol–water partition coefficient (Wildman–Crippen LogP) is 4.60. The minimum Gasteiger partial charge on any atom is -0.295 e. The van der Waals surface area contributed by atoms with Gasteiger partial charge < -0.3 is 0 Å². The third-order valence-electron chi connectivity index (χ3n) is 3.68. The first kappa shape index (κ1) is 14.0. The van der Waals surface area contributed by atoms with Gasteiger partial charge in [-0.25, -0.2) is 0 Å². The van der Waals surface area contributed by atoms with Crippen LogP contribution in [0, 0.1) is 5.41 Å². The normalized spacial score (nSPS) is 25.1. The number of ketones is 1. The van der Waals surface area contributed by atoms with E-state index >= 15 is 0 Å². The van der Waals surface area contributed by atoms with Gasteiger partial charge in [0.2, 0.25) is 0 Å². The van der Waals surface area contributed by atoms with Gasteiger partial charge in [0.05, 0.1) is 0 Å². The number of carbonyl (C=O) groups excluding carboxylic acids is 1. The molecule has 0 saturated heterocycles. The second kappa shape index (κ2) is 6.00. The highest BCUT2D eigenvalue weighted by atomic mass is 16.1. The van der Waals surface area contributed by atoms with Crippen molar-refractivity contribution in [3.63, 3.8) is 0 Å². The maximum Gasteiger partial charge on any atom is 0.155 e. The Kier molecular flexibility index (Phi) is 4.92. The molecule has 1 atom stereocenters. The standard InChI is InChI=1S/C16H24O/c1-5-10-16(4)11-6-7-15(17)12-14(16)9-8-13(2)3/h5,12H,1-2,6-11H2,3-4H3/t16-/m1/s1. The highest BCUT2D eigenvalue weighted by Gasteiger charge is 2.29. The largest absolute Gasteiger partial charge is 0.295 e. The fourth-order valence-corrected chi connectivity index (χ4v) is 2.53. The van der Waals surface area contributed by atoms with Crippen LogP contribution in [0.4, 0.5) is 0 Å². The molecule has 0 aromatic carbocycles. The Balaban J connectivity index is 2.90. The SMILES string of the molecule is C=CC[C@]1(C)CCCC(=O)C=C1CCC(=C)C. The van der Waals surface area contributed by atoms with Gasteiger partial charge in [0.15, 0.2) is 5.78 Å². The van der Waals surface area contributed by atoms with Gasteiger partial charge in [0.25, 0.3) is 0 Å². The zero-order valence-electron chi connectivity index (χ0n) is 11.2. The van der Waals surface area contributed by atoms with E-state index in [0.29, 0.717) is 6.42 Å². The van der Waals surface area contributed by atoms with Gasteiger partial charge in [-0.15, -0.1) is 13.2 Å². The van der Waals surface area contributed by atoms with Crippen molar-refractivity contribution in [2.75, 3.05) is 0 Å². The van der Waals surface area contributed by atoms with Crippen LogP contribution in [0.1, 0.15) is 52.4 Å². The summed E-state index contributed by atoms with van der Waals surface area (Å²) in [6.07, 6.45) is 9.55. The van der Waals surface area contributed by atoms with Crippen molar-refractivity contribution in [2.45, 2.75) is 52.4 Å². The molecule has 0 amide bonds. The summed E-state index contributed by atoms with van der Waals surface area (Å²) in [7, 11) is 0. The highest BCUT2D eigenvalue weighted by Crippen LogP contribution is 2.41. The molecular formula is C16H24O. The molecule has 0 radical (unpaired) electrons. The Morgan fingerprint density at radius 1 is 1.59 bits per heavy atom. The Morgan fingerprint density at radius 3 is 2.88 bits per heavy atom. The number of hydrogen-bond acceptors (Lipinski definition) is 1. The maximum atomic E-state index is 11.7. The molecule has 94 valence electrons. The smallest absolute Gasteiger partial charge is 0.155 e. The van der Waals surface area contributed by atoms with E-state index < -0.39 is 0 Å². The van der Waals surface area contributed by atoms with Crippen LogP contribution >= 0.6 is 0 Å². The fraction of sp³-hybridized carbons (Fsp3) is 0.562. The maximum absolute atomic E-state index is 11.7. The lowest BCUT2D eigenvalue weighted by Crippen LogP contribution is -2.18. The fourth-order valence-electron chi connectivity index (χ4n) is 2.53. The molecule has 0 aromatic heterocycles. The van der Waals surface area contributed by atoms with E-state index in [-0.39, 0.29) is 11.2 Å². The van der Waals surface area contributed by atoms with E-state index in [9.17, 15) is 4.79 Å². The zero-order chi connectivity index (χ0) is 12.9. The van der Waals surface area contributed by atoms with Gasteiger partial charge in [0.1, 0.15) is 0 Å². The van der Waals surface area contributed by atoms with Crippen LogP contribution in [-0.2, 0) is 4.79 Å². The monoisotopic (exact) mass is 232 g/mol. The molecule has 0 N–H and O–H groups in total. The summed E-state index contributed by atoms with van der Waals surface area (Å²) in [6, 6.07) is 0. The summed E-state index contributed by atoms with van der Waals surface area (Å²) in [5, 5.41) is 0. The van der Waals surface area contributed by atoms with E-state index in [1.807, 2.05) is 19.1 Å². The molecule has 0 bridgehead atoms. The average Bonchev–Trinajstić information content (AvgIpc) is 2.36. The molecule has 0 aromatic rings. The van der Waals surface area contributed by atoms with Crippen molar-refractivity contribution in [2.24, 2.45) is 5.41 Å². The van der Waals surface area contributed by atoms with Gasteiger partial charge in [-0.2, -0.15) is 0 Å². The van der Waals surface area contributed by atoms with Crippen LogP contribution in [0.5, 0.6) is 0 Å². The molecule has 0 fully saturated rings. The molecule has 0 unspecified atom stereocenters. The molecule has 1 aliphatic rings. The lowest BCUT2D eigenvalue weighted by Gasteiger charge is -2.30. The van der Waals surface area contributed by atoms with E-state index in [0.717, 1.165) is 32.1 Å². The third-order valence-corrected chi connectivity index (χ3v) is 3.68. The van der Waals surface area contributed by atoms with Gasteiger partial charge in [-0.3, -0.25) is 4.79 Å². The molecule has 0 saturated carbocycles. The van der Waals surface area contributed by atoms with Crippen LogP contribution in [-0.4, -0.2) is 5.78 Å². The van der Waals surface area contributed by atoms with E-state index in [1.54, 1.807) is 0 Å². The Bertz CT molecular complexity index is 349. The number of hydrogen-bond donors (Lipinski definition) is 0. The molecule has 1 heteroatoms. The first-order valence-corrected chi connectivity index (χ1v) is 6.47. The molecule has 0 heterocycles. The summed E-state index contributed by atoms with van der Waals surface area (Å²) in [5.41, 5.74) is 2.61. The quantitative estimate of drug-likeness (QED) is 0.633. The summed E-state index contributed by atoms with van der Waals surface area (Å²) in [5.74, 6) is 0.287. The van der Waals surface area contributed by atoms with Gasteiger partial charge in [0, 0.05) is 6.42 Å². The zero-order valence-corrected chi connectivity index (χ0v) is 11.2. The first-order chi connectivity index (χ1) is 7.98. The summed E-state index contributed by atoms with van der Waals surface area (Å²) in [4.78, 5) is 11.7. The highest BCUT2D eigenvalue weighted by molar-refractivity contribution is 5.90. The van der Waals surface area contributed by atoms with Crippen LogP contribution in [0.25, 0.3) is 0 Å². The minimum absolute atomic E-state index is 0.128. The average molecular weight is 232 g/mol. The van der Waals surface area contributed by atoms with Crippen molar-refractivity contribution < 1.29 is 4.79 Å². The summed E-state index contributed by atoms with van der Waals surface area (Å²) < 4.78 is 0. The Morgan fingerprint density at radius 2 is 2.29 bits per heavy atom.